The minimum Gasteiger partial charge on any atom is -0.297 e. The Morgan fingerprint density at radius 1 is 1.29 bits per heavy atom. The summed E-state index contributed by atoms with van der Waals surface area (Å²) in [4.78, 5) is 11.8. The zero-order valence-electron chi connectivity index (χ0n) is 11.4. The molecular formula is C14H13Cl2N3OS. The molecule has 0 fully saturated rings. The second kappa shape index (κ2) is 7.02. The smallest absolute Gasteiger partial charge is 0.250 e. The number of benzene rings is 1. The van der Waals surface area contributed by atoms with Crippen LogP contribution in [0, 0.1) is 0 Å². The molecule has 1 aromatic carbocycles. The maximum atomic E-state index is 11.8. The third-order valence-corrected chi connectivity index (χ3v) is 4.36. The summed E-state index contributed by atoms with van der Waals surface area (Å²) in [6, 6.07) is 5.17. The number of anilines is 1. The number of nitrogens with zero attached hydrogens (tertiary/aromatic N) is 2. The van der Waals surface area contributed by atoms with E-state index < -0.39 is 0 Å². The van der Waals surface area contributed by atoms with E-state index in [1.54, 1.807) is 24.3 Å². The van der Waals surface area contributed by atoms with Crippen molar-refractivity contribution < 1.29 is 4.79 Å². The largest absolute Gasteiger partial charge is 0.297 e. The summed E-state index contributed by atoms with van der Waals surface area (Å²) >= 11 is 13.4. The van der Waals surface area contributed by atoms with Crippen LogP contribution in [0.1, 0.15) is 30.3 Å². The van der Waals surface area contributed by atoms with E-state index in [0.29, 0.717) is 20.7 Å². The number of hydrogen-bond donors (Lipinski definition) is 1. The highest BCUT2D eigenvalue weighted by molar-refractivity contribution is 7.15. The molecule has 0 aliphatic carbocycles. The number of hydrogen-bond acceptors (Lipinski definition) is 4. The van der Waals surface area contributed by atoms with Crippen molar-refractivity contribution in [1.82, 2.24) is 10.2 Å². The van der Waals surface area contributed by atoms with Gasteiger partial charge in [-0.3, -0.25) is 10.1 Å². The third kappa shape index (κ3) is 4.27. The van der Waals surface area contributed by atoms with E-state index in [0.717, 1.165) is 5.01 Å². The maximum Gasteiger partial charge on any atom is 0.250 e. The van der Waals surface area contributed by atoms with Gasteiger partial charge in [0.25, 0.3) is 0 Å². The molecule has 2 rings (SSSR count). The summed E-state index contributed by atoms with van der Waals surface area (Å²) in [5, 5.41) is 12.9. The Morgan fingerprint density at radius 2 is 1.95 bits per heavy atom. The summed E-state index contributed by atoms with van der Waals surface area (Å²) in [6.07, 6.45) is 2.94. The molecule has 1 amide bonds. The molecule has 1 N–H and O–H groups in total. The molecule has 0 saturated carbocycles. The van der Waals surface area contributed by atoms with Crippen LogP contribution in [0.25, 0.3) is 6.08 Å². The molecule has 0 atom stereocenters. The summed E-state index contributed by atoms with van der Waals surface area (Å²) < 4.78 is 0. The molecule has 4 nitrogen and oxygen atoms in total. The van der Waals surface area contributed by atoms with E-state index in [9.17, 15) is 4.79 Å². The first-order valence-electron chi connectivity index (χ1n) is 6.24. The lowest BCUT2D eigenvalue weighted by Crippen LogP contribution is -2.07. The first-order valence-corrected chi connectivity index (χ1v) is 7.81. The molecule has 0 unspecified atom stereocenters. The zero-order chi connectivity index (χ0) is 15.4. The van der Waals surface area contributed by atoms with E-state index >= 15 is 0 Å². The number of rotatable bonds is 4. The fraction of sp³-hybridized carbons (Fsp3) is 0.214. The van der Waals surface area contributed by atoms with Gasteiger partial charge in [0.2, 0.25) is 11.0 Å². The highest BCUT2D eigenvalue weighted by atomic mass is 35.5. The van der Waals surface area contributed by atoms with Gasteiger partial charge >= 0.3 is 0 Å². The van der Waals surface area contributed by atoms with Gasteiger partial charge in [-0.2, -0.15) is 0 Å². The first kappa shape index (κ1) is 15.9. The van der Waals surface area contributed by atoms with Gasteiger partial charge in [0.15, 0.2) is 0 Å². The van der Waals surface area contributed by atoms with Crippen molar-refractivity contribution in [2.75, 3.05) is 5.32 Å². The number of carbonyl (C=O) groups is 1. The molecule has 0 aliphatic heterocycles. The van der Waals surface area contributed by atoms with Crippen LogP contribution in [-0.2, 0) is 4.79 Å². The summed E-state index contributed by atoms with van der Waals surface area (Å²) in [7, 11) is 0. The topological polar surface area (TPSA) is 54.9 Å². The molecule has 7 heteroatoms. The van der Waals surface area contributed by atoms with Crippen LogP contribution in [0.4, 0.5) is 5.13 Å². The normalized spacial score (nSPS) is 11.3. The molecule has 0 aliphatic rings. The Morgan fingerprint density at radius 3 is 2.52 bits per heavy atom. The summed E-state index contributed by atoms with van der Waals surface area (Å²) in [6.45, 7) is 4.04. The van der Waals surface area contributed by atoms with Crippen molar-refractivity contribution >= 4 is 51.7 Å². The second-order valence-electron chi connectivity index (χ2n) is 4.56. The molecule has 0 saturated heterocycles. The number of nitrogens with one attached hydrogen (secondary N) is 1. The second-order valence-corrected chi connectivity index (χ2v) is 6.38. The predicted octanol–water partition coefficient (Wildman–Crippen LogP) is 4.62. The van der Waals surface area contributed by atoms with Gasteiger partial charge in [-0.15, -0.1) is 10.2 Å². The minimum atomic E-state index is -0.308. The van der Waals surface area contributed by atoms with Crippen molar-refractivity contribution in [3.63, 3.8) is 0 Å². The van der Waals surface area contributed by atoms with Gasteiger partial charge in [0.1, 0.15) is 5.01 Å². The fourth-order valence-corrected chi connectivity index (χ4v) is 2.77. The van der Waals surface area contributed by atoms with E-state index in [2.05, 4.69) is 15.5 Å². The first-order chi connectivity index (χ1) is 9.97. The highest BCUT2D eigenvalue weighted by Crippen LogP contribution is 2.26. The van der Waals surface area contributed by atoms with E-state index in [-0.39, 0.29) is 11.8 Å². The van der Waals surface area contributed by atoms with Crippen molar-refractivity contribution in [2.45, 2.75) is 19.8 Å². The van der Waals surface area contributed by atoms with E-state index in [1.165, 1.54) is 17.4 Å². The summed E-state index contributed by atoms with van der Waals surface area (Å²) in [5.74, 6) is -0.0249. The van der Waals surface area contributed by atoms with Crippen molar-refractivity contribution in [1.29, 1.82) is 0 Å². The van der Waals surface area contributed by atoms with Crippen LogP contribution in [-0.4, -0.2) is 16.1 Å². The number of halogens is 2. The SMILES string of the molecule is CC(C)c1nnc(NC(=O)C=Cc2c(Cl)cccc2Cl)s1. The van der Waals surface area contributed by atoms with Gasteiger partial charge in [-0.25, -0.2) is 0 Å². The van der Waals surface area contributed by atoms with Crippen LogP contribution in [0.2, 0.25) is 10.0 Å². The predicted molar refractivity (Wildman–Crippen MR) is 88.1 cm³/mol. The molecule has 1 heterocycles. The Bertz CT molecular complexity index is 662. The van der Waals surface area contributed by atoms with Crippen molar-refractivity contribution in [3.8, 4) is 0 Å². The van der Waals surface area contributed by atoms with Crippen LogP contribution >= 0.6 is 34.5 Å². The Balaban J connectivity index is 2.05. The van der Waals surface area contributed by atoms with Gasteiger partial charge in [0.05, 0.1) is 0 Å². The monoisotopic (exact) mass is 341 g/mol. The van der Waals surface area contributed by atoms with Gasteiger partial charge in [-0.1, -0.05) is 54.5 Å². The molecule has 2 aromatic rings. The Kier molecular flexibility index (Phi) is 5.33. The van der Waals surface area contributed by atoms with Crippen molar-refractivity contribution in [3.05, 3.63) is 44.9 Å². The standard InChI is InChI=1S/C14H13Cl2N3OS/c1-8(2)13-18-19-14(21-13)17-12(20)7-6-9-10(15)4-3-5-11(9)16/h3-8H,1-2H3,(H,17,19,20). The molecular weight excluding hydrogens is 329 g/mol. The van der Waals surface area contributed by atoms with Crippen LogP contribution < -0.4 is 5.32 Å². The lowest BCUT2D eigenvalue weighted by atomic mass is 10.2. The molecule has 0 radical (unpaired) electrons. The molecule has 0 spiro atoms. The fourth-order valence-electron chi connectivity index (χ4n) is 1.49. The lowest BCUT2D eigenvalue weighted by Gasteiger charge is -2.00. The van der Waals surface area contributed by atoms with E-state index in [4.69, 9.17) is 23.2 Å². The number of carbonyl (C=O) groups excluding carboxylic acids is 1. The van der Waals surface area contributed by atoms with Gasteiger partial charge in [-0.05, 0) is 18.2 Å². The average molecular weight is 342 g/mol. The maximum absolute atomic E-state index is 11.8. The molecule has 1 aromatic heterocycles. The van der Waals surface area contributed by atoms with Crippen molar-refractivity contribution in [2.24, 2.45) is 0 Å². The quantitative estimate of drug-likeness (QED) is 0.825. The Hall–Kier alpha value is -1.43. The molecule has 110 valence electrons. The average Bonchev–Trinajstić information content (AvgIpc) is 2.87. The molecule has 0 bridgehead atoms. The third-order valence-electron chi connectivity index (χ3n) is 2.57. The Labute approximate surface area is 136 Å². The van der Waals surface area contributed by atoms with Crippen LogP contribution in [0.3, 0.4) is 0 Å². The van der Waals surface area contributed by atoms with Crippen LogP contribution in [0.5, 0.6) is 0 Å². The minimum absolute atomic E-state index is 0.283. The molecule has 21 heavy (non-hydrogen) atoms. The van der Waals surface area contributed by atoms with Gasteiger partial charge in [0, 0.05) is 27.6 Å². The van der Waals surface area contributed by atoms with Gasteiger partial charge < -0.3 is 0 Å². The lowest BCUT2D eigenvalue weighted by molar-refractivity contribution is -0.111. The number of amides is 1. The summed E-state index contributed by atoms with van der Waals surface area (Å²) in [5.41, 5.74) is 0.608. The highest BCUT2D eigenvalue weighted by Gasteiger charge is 2.09. The number of aromatic nitrogens is 2. The zero-order valence-corrected chi connectivity index (χ0v) is 13.8. The van der Waals surface area contributed by atoms with Crippen LogP contribution in [0.15, 0.2) is 24.3 Å². The van der Waals surface area contributed by atoms with E-state index in [1.807, 2.05) is 13.8 Å².